The van der Waals surface area contributed by atoms with Gasteiger partial charge >= 0.3 is 0 Å². The minimum absolute atomic E-state index is 0.167. The Hall–Kier alpha value is -2.14. The summed E-state index contributed by atoms with van der Waals surface area (Å²) in [5.74, 6) is -0.167. The molecule has 2 rings (SSSR count). The van der Waals surface area contributed by atoms with Crippen LogP contribution in [0.5, 0.6) is 0 Å². The van der Waals surface area contributed by atoms with Crippen LogP contribution >= 0.6 is 11.3 Å². The topological polar surface area (TPSA) is 53.5 Å². The van der Waals surface area contributed by atoms with Gasteiger partial charge in [-0.2, -0.15) is 5.10 Å². The molecule has 2 aromatic rings. The second-order valence-corrected chi connectivity index (χ2v) is 6.23. The smallest absolute Gasteiger partial charge is 0.259 e. The molecule has 0 aliphatic rings. The van der Waals surface area contributed by atoms with Crippen molar-refractivity contribution in [3.05, 3.63) is 51.2 Å². The predicted octanol–water partition coefficient (Wildman–Crippen LogP) is 3.24. The SMILES string of the molecule is Cc1ccc(NCC(=O)NN=Cc2ccc(C)s2)c(C)c1. The molecule has 0 aliphatic heterocycles. The van der Waals surface area contributed by atoms with Gasteiger partial charge in [-0.25, -0.2) is 5.43 Å². The van der Waals surface area contributed by atoms with E-state index in [-0.39, 0.29) is 12.5 Å². The summed E-state index contributed by atoms with van der Waals surface area (Å²) >= 11 is 1.64. The van der Waals surface area contributed by atoms with Crippen LogP contribution in [0.3, 0.4) is 0 Å². The van der Waals surface area contributed by atoms with Crippen molar-refractivity contribution in [2.24, 2.45) is 5.10 Å². The first-order chi connectivity index (χ1) is 10.0. The van der Waals surface area contributed by atoms with Gasteiger partial charge < -0.3 is 5.32 Å². The largest absolute Gasteiger partial charge is 0.376 e. The first kappa shape index (κ1) is 15.3. The van der Waals surface area contributed by atoms with E-state index >= 15 is 0 Å². The number of amides is 1. The molecule has 0 saturated carbocycles. The maximum Gasteiger partial charge on any atom is 0.259 e. The van der Waals surface area contributed by atoms with Crippen LogP contribution in [0.25, 0.3) is 0 Å². The molecule has 0 spiro atoms. The van der Waals surface area contributed by atoms with Gasteiger partial charge in [0.25, 0.3) is 5.91 Å². The third-order valence-corrected chi connectivity index (χ3v) is 3.90. The van der Waals surface area contributed by atoms with E-state index in [9.17, 15) is 4.79 Å². The molecular formula is C16H19N3OS. The molecule has 1 heterocycles. The number of hydrogen-bond donors (Lipinski definition) is 2. The summed E-state index contributed by atoms with van der Waals surface area (Å²) in [6, 6.07) is 10.1. The van der Waals surface area contributed by atoms with Crippen LogP contribution in [-0.4, -0.2) is 18.7 Å². The van der Waals surface area contributed by atoms with Crippen LogP contribution in [0.2, 0.25) is 0 Å². The van der Waals surface area contributed by atoms with Crippen molar-refractivity contribution in [3.8, 4) is 0 Å². The number of nitrogens with one attached hydrogen (secondary N) is 2. The summed E-state index contributed by atoms with van der Waals surface area (Å²) in [5, 5.41) is 7.06. The fourth-order valence-corrected chi connectivity index (χ4v) is 2.67. The van der Waals surface area contributed by atoms with Crippen LogP contribution in [-0.2, 0) is 4.79 Å². The summed E-state index contributed by atoms with van der Waals surface area (Å²) in [6.45, 7) is 6.30. The Kier molecular flexibility index (Phi) is 5.11. The highest BCUT2D eigenvalue weighted by molar-refractivity contribution is 7.13. The van der Waals surface area contributed by atoms with Gasteiger partial charge in [0, 0.05) is 15.4 Å². The Morgan fingerprint density at radius 3 is 2.71 bits per heavy atom. The van der Waals surface area contributed by atoms with Gasteiger partial charge in [-0.3, -0.25) is 4.79 Å². The van der Waals surface area contributed by atoms with E-state index in [2.05, 4.69) is 21.9 Å². The fourth-order valence-electron chi connectivity index (χ4n) is 1.92. The zero-order valence-corrected chi connectivity index (χ0v) is 13.3. The number of aryl methyl sites for hydroxylation is 3. The molecule has 0 unspecified atom stereocenters. The normalized spacial score (nSPS) is 10.8. The quantitative estimate of drug-likeness (QED) is 0.658. The third-order valence-electron chi connectivity index (χ3n) is 2.96. The van der Waals surface area contributed by atoms with Gasteiger partial charge in [-0.15, -0.1) is 11.3 Å². The van der Waals surface area contributed by atoms with Crippen molar-refractivity contribution in [1.82, 2.24) is 5.43 Å². The van der Waals surface area contributed by atoms with Crippen LogP contribution in [0.1, 0.15) is 20.9 Å². The van der Waals surface area contributed by atoms with Crippen molar-refractivity contribution < 1.29 is 4.79 Å². The molecule has 2 N–H and O–H groups in total. The Bertz CT molecular complexity index is 661. The average molecular weight is 301 g/mol. The molecule has 0 saturated heterocycles. The molecule has 1 aromatic heterocycles. The van der Waals surface area contributed by atoms with Gasteiger partial charge in [0.05, 0.1) is 12.8 Å². The zero-order chi connectivity index (χ0) is 15.2. The second kappa shape index (κ2) is 7.04. The van der Waals surface area contributed by atoms with E-state index in [0.29, 0.717) is 0 Å². The van der Waals surface area contributed by atoms with Crippen molar-refractivity contribution >= 4 is 29.1 Å². The van der Waals surface area contributed by atoms with Crippen LogP contribution in [0, 0.1) is 20.8 Å². The predicted molar refractivity (Wildman–Crippen MR) is 89.2 cm³/mol. The average Bonchev–Trinajstić information content (AvgIpc) is 2.83. The van der Waals surface area contributed by atoms with Gasteiger partial charge in [-0.05, 0) is 44.5 Å². The third kappa shape index (κ3) is 4.72. The lowest BCUT2D eigenvalue weighted by Crippen LogP contribution is -2.26. The van der Waals surface area contributed by atoms with Crippen molar-refractivity contribution in [2.45, 2.75) is 20.8 Å². The standard InChI is InChI=1S/C16H19N3OS/c1-11-4-7-15(12(2)8-11)17-10-16(20)19-18-9-14-6-5-13(3)21-14/h4-9,17H,10H2,1-3H3,(H,19,20). The molecular weight excluding hydrogens is 282 g/mol. The van der Waals surface area contributed by atoms with E-state index < -0.39 is 0 Å². The maximum atomic E-state index is 11.7. The second-order valence-electron chi connectivity index (χ2n) is 4.91. The zero-order valence-electron chi connectivity index (χ0n) is 12.4. The number of carbonyl (C=O) groups is 1. The molecule has 4 nitrogen and oxygen atoms in total. The Balaban J connectivity index is 1.81. The number of thiophene rings is 1. The minimum Gasteiger partial charge on any atom is -0.376 e. The summed E-state index contributed by atoms with van der Waals surface area (Å²) in [7, 11) is 0. The van der Waals surface area contributed by atoms with Gasteiger partial charge in [0.1, 0.15) is 0 Å². The summed E-state index contributed by atoms with van der Waals surface area (Å²) in [6.07, 6.45) is 1.66. The minimum atomic E-state index is -0.167. The van der Waals surface area contributed by atoms with Crippen LogP contribution in [0.4, 0.5) is 5.69 Å². The van der Waals surface area contributed by atoms with Crippen molar-refractivity contribution in [1.29, 1.82) is 0 Å². The number of hydrogen-bond acceptors (Lipinski definition) is 4. The molecule has 0 atom stereocenters. The highest BCUT2D eigenvalue weighted by Gasteiger charge is 2.02. The van der Waals surface area contributed by atoms with Crippen LogP contribution < -0.4 is 10.7 Å². The Labute approximate surface area is 128 Å². The lowest BCUT2D eigenvalue weighted by Gasteiger charge is -2.09. The van der Waals surface area contributed by atoms with Crippen LogP contribution in [0.15, 0.2) is 35.4 Å². The molecule has 1 amide bonds. The molecule has 21 heavy (non-hydrogen) atoms. The number of hydrazone groups is 1. The van der Waals surface area contributed by atoms with Crippen molar-refractivity contribution in [3.63, 3.8) is 0 Å². The molecule has 0 aliphatic carbocycles. The summed E-state index contributed by atoms with van der Waals surface area (Å²) < 4.78 is 0. The lowest BCUT2D eigenvalue weighted by molar-refractivity contribution is -0.119. The molecule has 110 valence electrons. The monoisotopic (exact) mass is 301 g/mol. The van der Waals surface area contributed by atoms with Gasteiger partial charge in [0.15, 0.2) is 0 Å². The highest BCUT2D eigenvalue weighted by Crippen LogP contribution is 2.15. The number of nitrogens with zero attached hydrogens (tertiary/aromatic N) is 1. The molecule has 0 fully saturated rings. The molecule has 0 radical (unpaired) electrons. The van der Waals surface area contributed by atoms with E-state index in [1.54, 1.807) is 17.6 Å². The number of anilines is 1. The Morgan fingerprint density at radius 2 is 2.05 bits per heavy atom. The highest BCUT2D eigenvalue weighted by atomic mass is 32.1. The summed E-state index contributed by atoms with van der Waals surface area (Å²) in [4.78, 5) is 14.0. The number of carbonyl (C=O) groups excluding carboxylic acids is 1. The Morgan fingerprint density at radius 1 is 1.24 bits per heavy atom. The molecule has 0 bridgehead atoms. The first-order valence-electron chi connectivity index (χ1n) is 6.74. The maximum absolute atomic E-state index is 11.7. The van der Waals surface area contributed by atoms with Gasteiger partial charge in [-0.1, -0.05) is 17.7 Å². The van der Waals surface area contributed by atoms with E-state index in [0.717, 1.165) is 16.1 Å². The van der Waals surface area contributed by atoms with Crippen molar-refractivity contribution in [2.75, 3.05) is 11.9 Å². The number of benzene rings is 1. The fraction of sp³-hybridized carbons (Fsp3) is 0.250. The lowest BCUT2D eigenvalue weighted by atomic mass is 10.1. The molecule has 5 heteroatoms. The van der Waals surface area contributed by atoms with Gasteiger partial charge in [0.2, 0.25) is 0 Å². The first-order valence-corrected chi connectivity index (χ1v) is 7.56. The number of rotatable bonds is 5. The van der Waals surface area contributed by atoms with E-state index in [4.69, 9.17) is 0 Å². The molecule has 1 aromatic carbocycles. The summed E-state index contributed by atoms with van der Waals surface area (Å²) in [5.41, 5.74) is 5.81. The van der Waals surface area contributed by atoms with E-state index in [1.165, 1.54) is 10.4 Å². The van der Waals surface area contributed by atoms with E-state index in [1.807, 2.05) is 45.0 Å².